The second kappa shape index (κ2) is 4.53. The van der Waals surface area contributed by atoms with Crippen molar-refractivity contribution in [3.05, 3.63) is 23.9 Å². The van der Waals surface area contributed by atoms with Gasteiger partial charge in [0, 0.05) is 17.6 Å². The Kier molecular flexibility index (Phi) is 3.28. The lowest BCUT2D eigenvalue weighted by Crippen LogP contribution is -2.36. The highest BCUT2D eigenvalue weighted by atomic mass is 32.2. The average molecular weight is 249 g/mol. The quantitative estimate of drug-likeness (QED) is 0.758. The van der Waals surface area contributed by atoms with E-state index in [1.165, 1.54) is 6.07 Å². The first-order valence-electron chi connectivity index (χ1n) is 4.99. The predicted octanol–water partition coefficient (Wildman–Crippen LogP) is 2.07. The van der Waals surface area contributed by atoms with Gasteiger partial charge in [0.15, 0.2) is 0 Å². The molecule has 0 spiro atoms. The number of hydrogen-bond acceptors (Lipinski definition) is 2. The summed E-state index contributed by atoms with van der Waals surface area (Å²) in [5.41, 5.74) is -0.636. The molecule has 1 saturated heterocycles. The lowest BCUT2D eigenvalue weighted by atomic mass is 10.2. The van der Waals surface area contributed by atoms with Crippen LogP contribution in [-0.4, -0.2) is 24.6 Å². The molecule has 0 aliphatic carbocycles. The van der Waals surface area contributed by atoms with Crippen LogP contribution in [0.3, 0.4) is 0 Å². The van der Waals surface area contributed by atoms with E-state index in [1.54, 1.807) is 0 Å². The molecule has 0 bridgehead atoms. The van der Waals surface area contributed by atoms with Gasteiger partial charge in [-0.05, 0) is 6.07 Å². The Labute approximate surface area is 95.8 Å². The third-order valence-corrected chi connectivity index (χ3v) is 3.42. The molecule has 1 aliphatic heterocycles. The Balaban J connectivity index is 2.12. The van der Waals surface area contributed by atoms with Crippen LogP contribution in [0.25, 0.3) is 0 Å². The molecule has 1 aromatic heterocycles. The fourth-order valence-electron chi connectivity index (χ4n) is 1.59. The summed E-state index contributed by atoms with van der Waals surface area (Å²) in [6.07, 6.45) is -3.25. The van der Waals surface area contributed by atoms with Gasteiger partial charge in [-0.25, -0.2) is 4.98 Å². The molecular formula is C10H12F3N2S+. The van der Waals surface area contributed by atoms with E-state index in [-0.39, 0.29) is 0 Å². The summed E-state index contributed by atoms with van der Waals surface area (Å²) >= 11 is 1.87. The number of aromatic nitrogens is 1. The number of pyridine rings is 1. The third-order valence-electron chi connectivity index (χ3n) is 2.48. The molecule has 2 rings (SSSR count). The van der Waals surface area contributed by atoms with Crippen LogP contribution in [0.2, 0.25) is 0 Å². The van der Waals surface area contributed by atoms with E-state index >= 15 is 0 Å². The normalized spacial score (nSPS) is 17.6. The van der Waals surface area contributed by atoms with Crippen LogP contribution in [0.1, 0.15) is 5.56 Å². The van der Waals surface area contributed by atoms with Crippen LogP contribution >= 0.6 is 11.8 Å². The maximum absolute atomic E-state index is 12.3. The molecule has 0 aromatic carbocycles. The number of nitrogens with one attached hydrogen (secondary N) is 1. The summed E-state index contributed by atoms with van der Waals surface area (Å²) in [6, 6.07) is 2.62. The van der Waals surface area contributed by atoms with Gasteiger partial charge >= 0.3 is 6.18 Å². The lowest BCUT2D eigenvalue weighted by molar-refractivity contribution is -0.367. The molecule has 0 amide bonds. The molecule has 88 valence electrons. The second-order valence-electron chi connectivity index (χ2n) is 3.56. The minimum atomic E-state index is -4.27. The Morgan fingerprint density at radius 3 is 2.38 bits per heavy atom. The van der Waals surface area contributed by atoms with E-state index in [2.05, 4.69) is 9.88 Å². The van der Waals surface area contributed by atoms with Crippen molar-refractivity contribution < 1.29 is 18.2 Å². The van der Waals surface area contributed by atoms with E-state index in [9.17, 15) is 13.2 Å². The summed E-state index contributed by atoms with van der Waals surface area (Å²) in [6.45, 7) is 1.76. The zero-order valence-electron chi connectivity index (χ0n) is 8.55. The summed E-state index contributed by atoms with van der Waals surface area (Å²) in [7, 11) is 0. The second-order valence-corrected chi connectivity index (χ2v) is 4.78. The minimum absolute atomic E-state index is 0.636. The van der Waals surface area contributed by atoms with Crippen LogP contribution in [0, 0.1) is 0 Å². The van der Waals surface area contributed by atoms with Crippen molar-refractivity contribution in [1.82, 2.24) is 0 Å². The zero-order valence-corrected chi connectivity index (χ0v) is 9.37. The van der Waals surface area contributed by atoms with E-state index in [0.29, 0.717) is 0 Å². The van der Waals surface area contributed by atoms with Gasteiger partial charge in [-0.3, -0.25) is 4.90 Å². The van der Waals surface area contributed by atoms with Gasteiger partial charge in [0.2, 0.25) is 0 Å². The largest absolute Gasteiger partial charge is 0.419 e. The molecule has 2 heterocycles. The number of halogens is 3. The van der Waals surface area contributed by atoms with Crippen molar-refractivity contribution in [3.63, 3.8) is 0 Å². The minimum Gasteiger partial charge on any atom is -0.260 e. The molecule has 0 unspecified atom stereocenters. The van der Waals surface area contributed by atoms with Gasteiger partial charge in [-0.2, -0.15) is 24.9 Å². The molecule has 16 heavy (non-hydrogen) atoms. The highest BCUT2D eigenvalue weighted by Crippen LogP contribution is 2.28. The molecule has 0 atom stereocenters. The van der Waals surface area contributed by atoms with Crippen LogP contribution < -0.4 is 9.88 Å². The molecule has 2 nitrogen and oxygen atoms in total. The van der Waals surface area contributed by atoms with Crippen molar-refractivity contribution in [2.24, 2.45) is 0 Å². The average Bonchev–Trinajstić information content (AvgIpc) is 2.29. The van der Waals surface area contributed by atoms with E-state index in [1.807, 2.05) is 11.8 Å². The number of alkyl halides is 3. The number of H-pyrrole nitrogens is 1. The predicted molar refractivity (Wildman–Crippen MR) is 57.5 cm³/mol. The van der Waals surface area contributed by atoms with E-state index in [4.69, 9.17) is 0 Å². The standard InChI is InChI=1S/C10H11F3N2S/c11-10(12,13)8-1-2-9(14-7-8)15-3-5-16-6-4-15/h1-2,7H,3-6H2/p+1. The summed E-state index contributed by atoms with van der Waals surface area (Å²) in [5.74, 6) is 2.80. The molecule has 1 aromatic rings. The lowest BCUT2D eigenvalue weighted by Gasteiger charge is -2.20. The van der Waals surface area contributed by atoms with Gasteiger partial charge in [-0.15, -0.1) is 0 Å². The smallest absolute Gasteiger partial charge is 0.260 e. The SMILES string of the molecule is FC(F)(F)c1ccc(N2CCSCC2)[nH+]c1. The number of hydrogen-bond donors (Lipinski definition) is 0. The van der Waals surface area contributed by atoms with Crippen LogP contribution in [0.5, 0.6) is 0 Å². The highest BCUT2D eigenvalue weighted by molar-refractivity contribution is 7.99. The molecule has 0 saturated carbocycles. The monoisotopic (exact) mass is 249 g/mol. The van der Waals surface area contributed by atoms with E-state index in [0.717, 1.165) is 42.7 Å². The van der Waals surface area contributed by atoms with Gasteiger partial charge in [0.05, 0.1) is 18.7 Å². The van der Waals surface area contributed by atoms with Crippen LogP contribution in [0.4, 0.5) is 19.0 Å². The Morgan fingerprint density at radius 2 is 1.88 bits per heavy atom. The molecule has 0 radical (unpaired) electrons. The van der Waals surface area contributed by atoms with Gasteiger partial charge in [0.1, 0.15) is 6.20 Å². The number of thioether (sulfide) groups is 1. The topological polar surface area (TPSA) is 17.4 Å². The number of anilines is 1. The maximum atomic E-state index is 12.3. The molecular weight excluding hydrogens is 237 g/mol. The van der Waals surface area contributed by atoms with Gasteiger partial charge in [0.25, 0.3) is 5.82 Å². The maximum Gasteiger partial charge on any atom is 0.419 e. The van der Waals surface area contributed by atoms with Crippen molar-refractivity contribution in [3.8, 4) is 0 Å². The molecule has 6 heteroatoms. The fourth-order valence-corrected chi connectivity index (χ4v) is 2.50. The van der Waals surface area contributed by atoms with Crippen molar-refractivity contribution >= 4 is 17.6 Å². The number of aromatic amines is 1. The number of nitrogens with zero attached hydrogens (tertiary/aromatic N) is 1. The van der Waals surface area contributed by atoms with Gasteiger partial charge < -0.3 is 0 Å². The fraction of sp³-hybridized carbons (Fsp3) is 0.500. The van der Waals surface area contributed by atoms with E-state index < -0.39 is 11.7 Å². The van der Waals surface area contributed by atoms with Crippen molar-refractivity contribution in [2.75, 3.05) is 29.5 Å². The third kappa shape index (κ3) is 2.61. The summed E-state index contributed by atoms with van der Waals surface area (Å²) < 4.78 is 37.0. The highest BCUT2D eigenvalue weighted by Gasteiger charge is 2.32. The van der Waals surface area contributed by atoms with Gasteiger partial charge in [-0.1, -0.05) is 0 Å². The number of rotatable bonds is 1. The first-order valence-corrected chi connectivity index (χ1v) is 6.14. The first kappa shape index (κ1) is 11.6. The molecule has 1 N–H and O–H groups in total. The summed E-state index contributed by atoms with van der Waals surface area (Å²) in [5, 5.41) is 0. The van der Waals surface area contributed by atoms with Crippen LogP contribution in [-0.2, 0) is 6.18 Å². The van der Waals surface area contributed by atoms with Crippen molar-refractivity contribution in [1.29, 1.82) is 0 Å². The first-order chi connectivity index (χ1) is 7.57. The molecule has 1 fully saturated rings. The zero-order chi connectivity index (χ0) is 11.6. The van der Waals surface area contributed by atoms with Crippen LogP contribution in [0.15, 0.2) is 18.3 Å². The Bertz CT molecular complexity index is 344. The Hall–Kier alpha value is -0.910. The molecule has 1 aliphatic rings. The Morgan fingerprint density at radius 1 is 1.19 bits per heavy atom. The summed E-state index contributed by atoms with van der Waals surface area (Å²) in [4.78, 5) is 4.78. The van der Waals surface area contributed by atoms with Crippen molar-refractivity contribution in [2.45, 2.75) is 6.18 Å².